The summed E-state index contributed by atoms with van der Waals surface area (Å²) in [6, 6.07) is 11.4. The molecule has 2 unspecified atom stereocenters. The lowest BCUT2D eigenvalue weighted by molar-refractivity contribution is -0.140. The molecule has 0 saturated carbocycles. The second-order valence-electron chi connectivity index (χ2n) is 9.79. The first-order valence-corrected chi connectivity index (χ1v) is 15.0. The lowest BCUT2D eigenvalue weighted by Gasteiger charge is -2.30. The van der Waals surface area contributed by atoms with Crippen LogP contribution in [0.4, 0.5) is 17.6 Å². The standard InChI is InChI=1S/C30H29F4N5O3S/c1-4-37-13-12-25-27(37)29(41)39(22-9-6-20(18-35)7-10-22)28(36-25)19(3)38(14-15-43(42)5-2)26(40)17-21-8-11-24(31)23(16-21)30(32,33)34/h6-13,16,19H,4-5,14-15,17H2,1-3H3. The highest BCUT2D eigenvalue weighted by Gasteiger charge is 2.35. The average Bonchev–Trinajstić information content (AvgIpc) is 3.41. The minimum Gasteiger partial charge on any atom is -0.342 e. The molecule has 2 heterocycles. The second kappa shape index (κ2) is 12.9. The first-order chi connectivity index (χ1) is 20.4. The Morgan fingerprint density at radius 2 is 1.84 bits per heavy atom. The molecular weight excluding hydrogens is 586 g/mol. The fraction of sp³-hybridized carbons (Fsp3) is 0.333. The molecule has 2 atom stereocenters. The van der Waals surface area contributed by atoms with E-state index in [-0.39, 0.29) is 23.7 Å². The van der Waals surface area contributed by atoms with Crippen LogP contribution >= 0.6 is 0 Å². The van der Waals surface area contributed by atoms with Crippen LogP contribution in [0.3, 0.4) is 0 Å². The normalized spacial score (nSPS) is 13.1. The van der Waals surface area contributed by atoms with Crippen LogP contribution in [-0.2, 0) is 34.7 Å². The van der Waals surface area contributed by atoms with Crippen molar-refractivity contribution in [2.75, 3.05) is 18.1 Å². The summed E-state index contributed by atoms with van der Waals surface area (Å²) >= 11 is 0. The van der Waals surface area contributed by atoms with Gasteiger partial charge in [-0.25, -0.2) is 9.37 Å². The van der Waals surface area contributed by atoms with Gasteiger partial charge >= 0.3 is 6.18 Å². The number of benzene rings is 2. The van der Waals surface area contributed by atoms with E-state index in [1.165, 1.54) is 9.47 Å². The van der Waals surface area contributed by atoms with Gasteiger partial charge in [0.05, 0.1) is 40.9 Å². The van der Waals surface area contributed by atoms with Gasteiger partial charge in [-0.3, -0.25) is 18.4 Å². The van der Waals surface area contributed by atoms with E-state index in [1.807, 2.05) is 13.0 Å². The molecule has 226 valence electrons. The average molecular weight is 616 g/mol. The molecule has 0 aliphatic rings. The molecular formula is C30H29F4N5O3S. The number of hydrogen-bond acceptors (Lipinski definition) is 5. The summed E-state index contributed by atoms with van der Waals surface area (Å²) in [5.74, 6) is -1.49. The molecule has 2 aromatic heterocycles. The number of carbonyl (C=O) groups is 1. The summed E-state index contributed by atoms with van der Waals surface area (Å²) in [5.41, 5.74) is -0.473. The topological polar surface area (TPSA) is 101 Å². The van der Waals surface area contributed by atoms with E-state index in [9.17, 15) is 36.6 Å². The molecule has 0 N–H and O–H groups in total. The Morgan fingerprint density at radius 3 is 2.44 bits per heavy atom. The summed E-state index contributed by atoms with van der Waals surface area (Å²) in [4.78, 5) is 33.7. The third-order valence-electron chi connectivity index (χ3n) is 7.14. The molecule has 0 aliphatic heterocycles. The molecule has 0 aliphatic carbocycles. The summed E-state index contributed by atoms with van der Waals surface area (Å²) in [5, 5.41) is 9.25. The van der Waals surface area contributed by atoms with Crippen LogP contribution in [-0.4, -0.2) is 47.2 Å². The highest BCUT2D eigenvalue weighted by Crippen LogP contribution is 2.32. The molecule has 43 heavy (non-hydrogen) atoms. The maximum atomic E-state index is 14.0. The molecule has 0 radical (unpaired) electrons. The number of halogens is 4. The predicted molar refractivity (Wildman–Crippen MR) is 155 cm³/mol. The maximum absolute atomic E-state index is 14.0. The third-order valence-corrected chi connectivity index (χ3v) is 8.42. The van der Waals surface area contributed by atoms with E-state index in [0.717, 1.165) is 6.07 Å². The zero-order valence-electron chi connectivity index (χ0n) is 23.7. The highest BCUT2D eigenvalue weighted by molar-refractivity contribution is 7.84. The number of hydrogen-bond donors (Lipinski definition) is 0. The number of nitrogens with zero attached hydrogens (tertiary/aromatic N) is 5. The second-order valence-corrected chi connectivity index (χ2v) is 11.7. The Morgan fingerprint density at radius 1 is 1.14 bits per heavy atom. The van der Waals surface area contributed by atoms with Crippen molar-refractivity contribution in [2.45, 2.75) is 46.0 Å². The highest BCUT2D eigenvalue weighted by atomic mass is 32.2. The lowest BCUT2D eigenvalue weighted by atomic mass is 10.1. The number of carbonyl (C=O) groups excluding carboxylic acids is 1. The largest absolute Gasteiger partial charge is 0.419 e. The van der Waals surface area contributed by atoms with Crippen LogP contribution in [0, 0.1) is 17.1 Å². The molecule has 4 rings (SSSR count). The van der Waals surface area contributed by atoms with Crippen LogP contribution in [0.15, 0.2) is 59.5 Å². The SMILES string of the molecule is CCn1ccc2nc(C(C)N(CCS(=O)CC)C(=O)Cc3ccc(F)c(C(F)(F)F)c3)n(-c3ccc(C#N)cc3)c(=O)c21. The summed E-state index contributed by atoms with van der Waals surface area (Å²) < 4.78 is 69.4. The predicted octanol–water partition coefficient (Wildman–Crippen LogP) is 5.14. The van der Waals surface area contributed by atoms with Gasteiger partial charge in [-0.05, 0) is 61.9 Å². The Hall–Kier alpha value is -4.31. The van der Waals surface area contributed by atoms with Crippen molar-refractivity contribution >= 4 is 27.7 Å². The zero-order chi connectivity index (χ0) is 31.5. The zero-order valence-corrected chi connectivity index (χ0v) is 24.5. The summed E-state index contributed by atoms with van der Waals surface area (Å²) in [7, 11) is -1.29. The van der Waals surface area contributed by atoms with Crippen molar-refractivity contribution in [3.8, 4) is 11.8 Å². The van der Waals surface area contributed by atoms with Crippen LogP contribution < -0.4 is 5.56 Å². The Labute approximate surface area is 247 Å². The van der Waals surface area contributed by atoms with Crippen molar-refractivity contribution in [1.29, 1.82) is 5.26 Å². The van der Waals surface area contributed by atoms with Gasteiger partial charge in [-0.2, -0.15) is 18.4 Å². The van der Waals surface area contributed by atoms with Gasteiger partial charge in [0.1, 0.15) is 17.2 Å². The van der Waals surface area contributed by atoms with Gasteiger partial charge in [0, 0.05) is 41.6 Å². The van der Waals surface area contributed by atoms with Gasteiger partial charge < -0.3 is 9.47 Å². The molecule has 0 saturated heterocycles. The van der Waals surface area contributed by atoms with E-state index in [4.69, 9.17) is 4.98 Å². The van der Waals surface area contributed by atoms with Crippen molar-refractivity contribution < 1.29 is 26.6 Å². The van der Waals surface area contributed by atoms with E-state index >= 15 is 0 Å². The molecule has 1 amide bonds. The van der Waals surface area contributed by atoms with Crippen LogP contribution in [0.2, 0.25) is 0 Å². The Kier molecular flexibility index (Phi) is 9.49. The monoisotopic (exact) mass is 615 g/mol. The molecule has 0 bridgehead atoms. The molecule has 0 spiro atoms. The van der Waals surface area contributed by atoms with Gasteiger partial charge in [0.25, 0.3) is 5.56 Å². The smallest absolute Gasteiger partial charge is 0.342 e. The molecule has 2 aromatic carbocycles. The number of fused-ring (bicyclic) bond motifs is 1. The van der Waals surface area contributed by atoms with Crippen molar-refractivity contribution in [3.63, 3.8) is 0 Å². The summed E-state index contributed by atoms with van der Waals surface area (Å²) in [6.45, 7) is 5.68. The van der Waals surface area contributed by atoms with Gasteiger partial charge in [-0.1, -0.05) is 13.0 Å². The molecule has 4 aromatic rings. The Balaban J connectivity index is 1.84. The quantitative estimate of drug-likeness (QED) is 0.230. The number of nitriles is 1. The van der Waals surface area contributed by atoms with Gasteiger partial charge in [0.15, 0.2) is 0 Å². The van der Waals surface area contributed by atoms with Crippen LogP contribution in [0.1, 0.15) is 49.3 Å². The molecule has 0 fully saturated rings. The van der Waals surface area contributed by atoms with Crippen LogP contribution in [0.25, 0.3) is 16.7 Å². The number of alkyl halides is 3. The lowest BCUT2D eigenvalue weighted by Crippen LogP contribution is -2.40. The van der Waals surface area contributed by atoms with Crippen molar-refractivity contribution in [2.24, 2.45) is 0 Å². The minimum absolute atomic E-state index is 0.0367. The number of aromatic nitrogens is 3. The molecule has 13 heteroatoms. The number of amides is 1. The fourth-order valence-corrected chi connectivity index (χ4v) is 5.53. The van der Waals surface area contributed by atoms with Gasteiger partial charge in [0.2, 0.25) is 5.91 Å². The summed E-state index contributed by atoms with van der Waals surface area (Å²) in [6.07, 6.45) is -3.72. The first-order valence-electron chi connectivity index (χ1n) is 13.5. The Bertz CT molecular complexity index is 1770. The maximum Gasteiger partial charge on any atom is 0.419 e. The van der Waals surface area contributed by atoms with Crippen molar-refractivity contribution in [3.05, 3.63) is 93.4 Å². The van der Waals surface area contributed by atoms with Crippen LogP contribution in [0.5, 0.6) is 0 Å². The van der Waals surface area contributed by atoms with E-state index < -0.39 is 52.3 Å². The number of rotatable bonds is 10. The van der Waals surface area contributed by atoms with Crippen molar-refractivity contribution in [1.82, 2.24) is 19.0 Å². The third kappa shape index (κ3) is 6.69. The van der Waals surface area contributed by atoms with Gasteiger partial charge in [-0.15, -0.1) is 0 Å². The molecule has 8 nitrogen and oxygen atoms in total. The minimum atomic E-state index is -4.94. The van der Waals surface area contributed by atoms with E-state index in [1.54, 1.807) is 54.9 Å². The first kappa shape index (κ1) is 31.6. The van der Waals surface area contributed by atoms with E-state index in [0.29, 0.717) is 46.7 Å². The van der Waals surface area contributed by atoms with E-state index in [2.05, 4.69) is 0 Å². The fourth-order valence-electron chi connectivity index (χ4n) is 4.84. The number of aryl methyl sites for hydroxylation is 1.